The fourth-order valence-corrected chi connectivity index (χ4v) is 10.7. The molecular formula is C34H54N2O6S. The van der Waals surface area contributed by atoms with Gasteiger partial charge in [-0.3, -0.25) is 14.4 Å². The number of ketones is 1. The average Bonchev–Trinajstić information content (AvgIpc) is 3.35. The number of aliphatic hydroxyl groups excluding tert-OH is 2. The predicted octanol–water partition coefficient (Wildman–Crippen LogP) is 4.17. The van der Waals surface area contributed by atoms with Gasteiger partial charge < -0.3 is 25.6 Å². The van der Waals surface area contributed by atoms with E-state index in [9.17, 15) is 24.6 Å². The van der Waals surface area contributed by atoms with E-state index in [2.05, 4.69) is 38.0 Å². The maximum absolute atomic E-state index is 13.6. The van der Waals surface area contributed by atoms with Crippen molar-refractivity contribution in [2.75, 3.05) is 12.3 Å². The lowest BCUT2D eigenvalue weighted by atomic mass is 9.44. The first-order valence-corrected chi connectivity index (χ1v) is 17.8. The van der Waals surface area contributed by atoms with Gasteiger partial charge in [0.15, 0.2) is 0 Å². The molecule has 5 fully saturated rings. The topological polar surface area (TPSA) is 125 Å². The lowest BCUT2D eigenvalue weighted by Gasteiger charge is -2.61. The summed E-state index contributed by atoms with van der Waals surface area (Å²) in [5.74, 6) is -0.0878. The third-order valence-electron chi connectivity index (χ3n) is 12.7. The van der Waals surface area contributed by atoms with Crippen LogP contribution in [0, 0.1) is 34.0 Å². The van der Waals surface area contributed by atoms with E-state index in [-0.39, 0.29) is 63.9 Å². The molecular weight excluding hydrogens is 564 g/mol. The Balaban J connectivity index is 1.24. The standard InChI is InChI=1S/C34H54N2O6S/c1-6-32(4)18-27(33(5)20(2)12-14-34(21(3)30(32)40)15-13-24(37)29(33)34)42-28(39)19-43-26-11-10-22(17-25(26)38)36-31(41)23-9-7-8-16-35-23/h6,20-23,25-27,29-30,35,38,40H,1,7-19H2,2-5H3,(H,36,41)/t20?,21-,22-,23-,25-,26-,27+,29-,30-,32+,33-,34?/m0/s1. The lowest BCUT2D eigenvalue weighted by molar-refractivity contribution is -0.205. The van der Waals surface area contributed by atoms with Crippen LogP contribution in [0.4, 0.5) is 0 Å². The molecule has 5 aliphatic rings. The second-order valence-electron chi connectivity index (χ2n) is 15.0. The molecule has 0 spiro atoms. The fraction of sp³-hybridized carbons (Fsp3) is 0.853. The summed E-state index contributed by atoms with van der Waals surface area (Å²) in [6.45, 7) is 13.4. The second kappa shape index (κ2) is 12.8. The molecule has 9 heteroatoms. The first-order chi connectivity index (χ1) is 20.4. The number of amides is 1. The summed E-state index contributed by atoms with van der Waals surface area (Å²) in [6.07, 6.45) is 8.48. The highest BCUT2D eigenvalue weighted by molar-refractivity contribution is 8.00. The highest BCUT2D eigenvalue weighted by Gasteiger charge is 2.68. The molecule has 0 aromatic carbocycles. The Hall–Kier alpha value is -1.42. The fourth-order valence-electron chi connectivity index (χ4n) is 9.69. The Morgan fingerprint density at radius 2 is 1.91 bits per heavy atom. The van der Waals surface area contributed by atoms with E-state index in [0.29, 0.717) is 25.7 Å². The Kier molecular flexibility index (Phi) is 9.78. The molecule has 5 rings (SSSR count). The van der Waals surface area contributed by atoms with E-state index in [0.717, 1.165) is 51.5 Å². The van der Waals surface area contributed by atoms with Gasteiger partial charge in [0, 0.05) is 34.5 Å². The third kappa shape index (κ3) is 5.97. The van der Waals surface area contributed by atoms with Crippen molar-refractivity contribution in [3.63, 3.8) is 0 Å². The van der Waals surface area contributed by atoms with Crippen LogP contribution in [0.1, 0.15) is 98.3 Å². The molecule has 2 bridgehead atoms. The van der Waals surface area contributed by atoms with Gasteiger partial charge in [-0.1, -0.05) is 40.2 Å². The van der Waals surface area contributed by atoms with Crippen LogP contribution in [-0.2, 0) is 19.1 Å². The number of piperidine rings is 1. The van der Waals surface area contributed by atoms with Crippen LogP contribution in [0.15, 0.2) is 12.7 Å². The van der Waals surface area contributed by atoms with Crippen molar-refractivity contribution in [3.05, 3.63) is 12.7 Å². The van der Waals surface area contributed by atoms with Crippen molar-refractivity contribution in [3.8, 4) is 0 Å². The smallest absolute Gasteiger partial charge is 0.316 e. The van der Waals surface area contributed by atoms with Crippen molar-refractivity contribution in [1.29, 1.82) is 0 Å². The minimum atomic E-state index is -0.688. The maximum atomic E-state index is 13.6. The van der Waals surface area contributed by atoms with Gasteiger partial charge in [-0.25, -0.2) is 0 Å². The molecule has 43 heavy (non-hydrogen) atoms. The summed E-state index contributed by atoms with van der Waals surface area (Å²) in [7, 11) is 0. The largest absolute Gasteiger partial charge is 0.461 e. The van der Waals surface area contributed by atoms with Crippen molar-refractivity contribution >= 4 is 29.4 Å². The number of hydrogen-bond acceptors (Lipinski definition) is 8. The van der Waals surface area contributed by atoms with Crippen molar-refractivity contribution in [1.82, 2.24) is 10.6 Å². The Morgan fingerprint density at radius 3 is 2.58 bits per heavy atom. The summed E-state index contributed by atoms with van der Waals surface area (Å²) < 4.78 is 6.37. The molecule has 4 aliphatic carbocycles. The van der Waals surface area contributed by atoms with E-state index in [1.807, 2.05) is 13.0 Å². The van der Waals surface area contributed by atoms with Crippen LogP contribution >= 0.6 is 11.8 Å². The molecule has 8 nitrogen and oxygen atoms in total. The normalized spacial score (nSPS) is 46.7. The Bertz CT molecular complexity index is 1080. The van der Waals surface area contributed by atoms with Gasteiger partial charge in [0.2, 0.25) is 5.91 Å². The van der Waals surface area contributed by atoms with Crippen molar-refractivity contribution < 1.29 is 29.3 Å². The van der Waals surface area contributed by atoms with Gasteiger partial charge >= 0.3 is 5.97 Å². The number of esters is 1. The van der Waals surface area contributed by atoms with Crippen LogP contribution in [-0.4, -0.2) is 75.8 Å². The molecule has 0 aromatic rings. The zero-order chi connectivity index (χ0) is 31.2. The molecule has 12 atom stereocenters. The number of carbonyl (C=O) groups excluding carboxylic acids is 3. The molecule has 0 aromatic heterocycles. The van der Waals surface area contributed by atoms with E-state index in [1.54, 1.807) is 0 Å². The zero-order valence-corrected chi connectivity index (χ0v) is 27.4. The minimum absolute atomic E-state index is 0.0204. The number of aliphatic hydroxyl groups is 2. The molecule has 0 radical (unpaired) electrons. The van der Waals surface area contributed by atoms with Crippen LogP contribution in [0.5, 0.6) is 0 Å². The SMILES string of the molecule is C=C[C@]1(C)C[C@@H](OC(=O)CS[C@H]2CC[C@H](NC(=O)[C@@H]3CCCCN3)C[C@@H]2O)[C@]2(C)C(C)CCC3(CCC(=O)[C@H]32)[C@@H](C)[C@@H]1O. The van der Waals surface area contributed by atoms with Gasteiger partial charge in [-0.2, -0.15) is 0 Å². The van der Waals surface area contributed by atoms with E-state index in [1.165, 1.54) is 11.8 Å². The van der Waals surface area contributed by atoms with Gasteiger partial charge in [0.25, 0.3) is 0 Å². The highest BCUT2D eigenvalue weighted by Crippen LogP contribution is 2.68. The number of Topliss-reactive ketones (excluding diaryl/α,β-unsaturated/α-hetero) is 1. The highest BCUT2D eigenvalue weighted by atomic mass is 32.2. The van der Waals surface area contributed by atoms with Crippen molar-refractivity contribution in [2.45, 2.75) is 134 Å². The molecule has 4 saturated carbocycles. The second-order valence-corrected chi connectivity index (χ2v) is 16.2. The Morgan fingerprint density at radius 1 is 1.14 bits per heavy atom. The molecule has 2 unspecified atom stereocenters. The summed E-state index contributed by atoms with van der Waals surface area (Å²) in [5.41, 5.74) is -1.49. The van der Waals surface area contributed by atoms with E-state index < -0.39 is 29.1 Å². The summed E-state index contributed by atoms with van der Waals surface area (Å²) in [4.78, 5) is 39.8. The van der Waals surface area contributed by atoms with Crippen LogP contribution < -0.4 is 10.6 Å². The minimum Gasteiger partial charge on any atom is -0.461 e. The number of thioether (sulfide) groups is 1. The number of rotatable bonds is 7. The van der Waals surface area contributed by atoms with Gasteiger partial charge in [0.05, 0.1) is 24.0 Å². The van der Waals surface area contributed by atoms with Gasteiger partial charge in [0.1, 0.15) is 11.9 Å². The number of nitrogens with one attached hydrogen (secondary N) is 2. The quantitative estimate of drug-likeness (QED) is 0.248. The van der Waals surface area contributed by atoms with Crippen molar-refractivity contribution in [2.24, 2.45) is 34.0 Å². The first-order valence-electron chi connectivity index (χ1n) is 16.7. The van der Waals surface area contributed by atoms with Crippen LogP contribution in [0.2, 0.25) is 0 Å². The maximum Gasteiger partial charge on any atom is 0.316 e. The first kappa shape index (κ1) is 33.0. The monoisotopic (exact) mass is 618 g/mol. The van der Waals surface area contributed by atoms with Gasteiger partial charge in [-0.05, 0) is 81.6 Å². The summed E-state index contributed by atoms with van der Waals surface area (Å²) >= 11 is 1.42. The third-order valence-corrected chi connectivity index (χ3v) is 14.1. The molecule has 4 N–H and O–H groups in total. The number of carbonyl (C=O) groups is 3. The summed E-state index contributed by atoms with van der Waals surface area (Å²) in [6, 6.07) is -0.209. The van der Waals surface area contributed by atoms with E-state index >= 15 is 0 Å². The zero-order valence-electron chi connectivity index (χ0n) is 26.6. The Labute approximate surface area is 261 Å². The van der Waals surface area contributed by atoms with Gasteiger partial charge in [-0.15, -0.1) is 18.3 Å². The van der Waals surface area contributed by atoms with Crippen LogP contribution in [0.25, 0.3) is 0 Å². The number of ether oxygens (including phenoxy) is 1. The molecule has 1 heterocycles. The molecule has 1 saturated heterocycles. The van der Waals surface area contributed by atoms with Crippen LogP contribution in [0.3, 0.4) is 0 Å². The lowest BCUT2D eigenvalue weighted by Crippen LogP contribution is -2.63. The molecule has 1 amide bonds. The molecule has 242 valence electrons. The average molecular weight is 619 g/mol. The summed E-state index contributed by atoms with van der Waals surface area (Å²) in [5, 5.41) is 28.9. The van der Waals surface area contributed by atoms with E-state index in [4.69, 9.17) is 4.74 Å². The number of hydrogen-bond donors (Lipinski definition) is 4. The predicted molar refractivity (Wildman–Crippen MR) is 168 cm³/mol. The molecule has 1 aliphatic heterocycles.